The van der Waals surface area contributed by atoms with Gasteiger partial charge in [0.15, 0.2) is 0 Å². The van der Waals surface area contributed by atoms with Gasteiger partial charge in [0.25, 0.3) is 0 Å². The topological polar surface area (TPSA) is 89.0 Å². The van der Waals surface area contributed by atoms with Gasteiger partial charge in [-0.25, -0.2) is 4.79 Å². The van der Waals surface area contributed by atoms with Gasteiger partial charge in [0.2, 0.25) is 0 Å². The van der Waals surface area contributed by atoms with E-state index in [4.69, 9.17) is 5.11 Å². The van der Waals surface area contributed by atoms with Gasteiger partial charge in [-0.3, -0.25) is 9.78 Å². The van der Waals surface area contributed by atoms with E-state index in [2.05, 4.69) is 15.2 Å². The molecule has 3 rings (SSSR count). The Labute approximate surface area is 170 Å². The first-order valence-electron chi connectivity index (χ1n) is 8.83. The van der Waals surface area contributed by atoms with Crippen molar-refractivity contribution in [3.63, 3.8) is 0 Å². The maximum Gasteiger partial charge on any atom is 0.323 e. The molecule has 1 saturated heterocycles. The zero-order valence-corrected chi connectivity index (χ0v) is 16.2. The molecule has 0 bridgehead atoms. The lowest BCUT2D eigenvalue weighted by Gasteiger charge is -2.36. The Balaban J connectivity index is 0.00000280. The molecule has 1 aromatic heterocycles. The van der Waals surface area contributed by atoms with E-state index in [0.717, 1.165) is 24.5 Å². The monoisotopic (exact) mass is 405 g/mol. The lowest BCUT2D eigenvalue weighted by Crippen LogP contribution is -2.53. The van der Waals surface area contributed by atoms with Crippen molar-refractivity contribution in [2.75, 3.05) is 49.2 Å². The number of hydrogen-bond acceptors (Lipinski definition) is 5. The van der Waals surface area contributed by atoms with E-state index < -0.39 is 5.97 Å². The fourth-order valence-electron chi connectivity index (χ4n) is 3.04. The number of carbonyl (C=O) groups excluding carboxylic acids is 1. The number of nitrogens with one attached hydrogen (secondary N) is 1. The number of halogens is 1. The normalized spacial score (nSPS) is 13.4. The van der Waals surface area contributed by atoms with E-state index in [1.807, 2.05) is 42.5 Å². The Hall–Kier alpha value is -3.00. The number of piperazine rings is 1. The summed E-state index contributed by atoms with van der Waals surface area (Å²) in [5, 5.41) is 12.0. The molecule has 1 aliphatic rings. The third-order valence-corrected chi connectivity index (χ3v) is 4.46. The lowest BCUT2D eigenvalue weighted by atomic mass is 10.3. The molecule has 0 aliphatic carbocycles. The number of amides is 2. The van der Waals surface area contributed by atoms with Crippen LogP contribution in [-0.2, 0) is 4.79 Å². The minimum Gasteiger partial charge on any atom is -0.480 e. The summed E-state index contributed by atoms with van der Waals surface area (Å²) in [7, 11) is 0. The zero-order chi connectivity index (χ0) is 19.1. The van der Waals surface area contributed by atoms with Gasteiger partial charge >= 0.3 is 12.0 Å². The summed E-state index contributed by atoms with van der Waals surface area (Å²) in [6.45, 7) is 2.67. The van der Waals surface area contributed by atoms with Gasteiger partial charge < -0.3 is 25.1 Å². The largest absolute Gasteiger partial charge is 0.480 e. The highest BCUT2D eigenvalue weighted by Crippen LogP contribution is 2.15. The average Bonchev–Trinajstić information content (AvgIpc) is 2.72. The first-order valence-corrected chi connectivity index (χ1v) is 8.83. The minimum absolute atomic E-state index is 0. The first kappa shape index (κ1) is 21.3. The van der Waals surface area contributed by atoms with Crippen LogP contribution in [0.5, 0.6) is 0 Å². The van der Waals surface area contributed by atoms with Crippen LogP contribution >= 0.6 is 12.4 Å². The Morgan fingerprint density at radius 3 is 2.29 bits per heavy atom. The first-order chi connectivity index (χ1) is 13.1. The summed E-state index contributed by atoms with van der Waals surface area (Å²) in [6, 6.07) is 12.9. The number of carboxylic acids is 1. The molecule has 0 spiro atoms. The second-order valence-electron chi connectivity index (χ2n) is 6.25. The summed E-state index contributed by atoms with van der Waals surface area (Å²) in [5.41, 5.74) is 1.85. The van der Waals surface area contributed by atoms with Crippen molar-refractivity contribution < 1.29 is 14.7 Å². The number of pyridine rings is 1. The summed E-state index contributed by atoms with van der Waals surface area (Å²) >= 11 is 0. The number of anilines is 2. The molecule has 0 radical (unpaired) electrons. The predicted octanol–water partition coefficient (Wildman–Crippen LogP) is 1.88. The number of carboxylic acid groups (broad SMARTS) is 1. The molecular formula is C19H24ClN5O3. The maximum atomic E-state index is 12.5. The van der Waals surface area contributed by atoms with E-state index in [1.165, 1.54) is 0 Å². The Morgan fingerprint density at radius 2 is 1.68 bits per heavy atom. The van der Waals surface area contributed by atoms with Gasteiger partial charge in [0.05, 0.1) is 6.67 Å². The molecule has 1 fully saturated rings. The summed E-state index contributed by atoms with van der Waals surface area (Å²) in [4.78, 5) is 33.2. The SMILES string of the molecule is Cl.O=C(O)CN(CNC(=O)N1CCN(c2ccncc2)CC1)c1ccccc1. The molecule has 1 aliphatic heterocycles. The second kappa shape index (κ2) is 10.4. The number of aromatic nitrogens is 1. The van der Waals surface area contributed by atoms with Crippen LogP contribution in [0.15, 0.2) is 54.9 Å². The van der Waals surface area contributed by atoms with Crippen LogP contribution < -0.4 is 15.1 Å². The quantitative estimate of drug-likeness (QED) is 0.713. The molecular weight excluding hydrogens is 382 g/mol. The molecule has 2 aromatic rings. The Kier molecular flexibility index (Phi) is 7.88. The number of rotatable bonds is 6. The number of urea groups is 1. The number of para-hydroxylation sites is 1. The predicted molar refractivity (Wildman–Crippen MR) is 110 cm³/mol. The molecule has 0 unspecified atom stereocenters. The summed E-state index contributed by atoms with van der Waals surface area (Å²) < 4.78 is 0. The molecule has 2 amide bonds. The van der Waals surface area contributed by atoms with E-state index in [0.29, 0.717) is 13.1 Å². The van der Waals surface area contributed by atoms with Gasteiger partial charge in [0, 0.05) is 49.9 Å². The van der Waals surface area contributed by atoms with Crippen molar-refractivity contribution >= 4 is 35.8 Å². The zero-order valence-electron chi connectivity index (χ0n) is 15.4. The van der Waals surface area contributed by atoms with Crippen molar-refractivity contribution in [1.82, 2.24) is 15.2 Å². The molecule has 8 nitrogen and oxygen atoms in total. The molecule has 1 aromatic carbocycles. The molecule has 28 heavy (non-hydrogen) atoms. The number of nitrogens with zero attached hydrogens (tertiary/aromatic N) is 4. The highest BCUT2D eigenvalue weighted by atomic mass is 35.5. The van der Waals surface area contributed by atoms with Crippen LogP contribution in [0.25, 0.3) is 0 Å². The Bertz CT molecular complexity index is 755. The van der Waals surface area contributed by atoms with Crippen LogP contribution in [0.3, 0.4) is 0 Å². The van der Waals surface area contributed by atoms with Crippen molar-refractivity contribution in [3.05, 3.63) is 54.9 Å². The van der Waals surface area contributed by atoms with Crippen LogP contribution in [-0.4, -0.2) is 66.4 Å². The van der Waals surface area contributed by atoms with Crippen molar-refractivity contribution in [3.8, 4) is 0 Å². The number of benzene rings is 1. The molecule has 9 heteroatoms. The molecule has 0 saturated carbocycles. The number of aliphatic carboxylic acids is 1. The van der Waals surface area contributed by atoms with E-state index in [-0.39, 0.29) is 31.7 Å². The van der Waals surface area contributed by atoms with Crippen LogP contribution in [0.1, 0.15) is 0 Å². The van der Waals surface area contributed by atoms with E-state index in [1.54, 1.807) is 22.2 Å². The molecule has 2 heterocycles. The third-order valence-electron chi connectivity index (χ3n) is 4.46. The van der Waals surface area contributed by atoms with Crippen molar-refractivity contribution in [2.45, 2.75) is 0 Å². The van der Waals surface area contributed by atoms with Gasteiger partial charge in [0.1, 0.15) is 6.54 Å². The molecule has 150 valence electrons. The molecule has 0 atom stereocenters. The van der Waals surface area contributed by atoms with Crippen LogP contribution in [0, 0.1) is 0 Å². The summed E-state index contributed by atoms with van der Waals surface area (Å²) in [6.07, 6.45) is 3.52. The van der Waals surface area contributed by atoms with Gasteiger partial charge in [-0.2, -0.15) is 0 Å². The summed E-state index contributed by atoms with van der Waals surface area (Å²) in [5.74, 6) is -0.945. The average molecular weight is 406 g/mol. The maximum absolute atomic E-state index is 12.5. The third kappa shape index (κ3) is 5.75. The van der Waals surface area contributed by atoms with Gasteiger partial charge in [-0.05, 0) is 24.3 Å². The van der Waals surface area contributed by atoms with E-state index >= 15 is 0 Å². The number of hydrogen-bond donors (Lipinski definition) is 2. The highest BCUT2D eigenvalue weighted by Gasteiger charge is 2.22. The number of carbonyl (C=O) groups is 2. The van der Waals surface area contributed by atoms with Crippen molar-refractivity contribution in [2.24, 2.45) is 0 Å². The van der Waals surface area contributed by atoms with Crippen LogP contribution in [0.2, 0.25) is 0 Å². The fraction of sp³-hybridized carbons (Fsp3) is 0.316. The highest BCUT2D eigenvalue weighted by molar-refractivity contribution is 5.85. The standard InChI is InChI=1S/C19H23N5O3.ClH/c25-18(26)14-24(16-4-2-1-3-5-16)15-21-19(27)23-12-10-22(11-13-23)17-6-8-20-9-7-17;/h1-9H,10-15H2,(H,21,27)(H,25,26);1H. The molecule has 2 N–H and O–H groups in total. The smallest absolute Gasteiger partial charge is 0.323 e. The van der Waals surface area contributed by atoms with Crippen LogP contribution in [0.4, 0.5) is 16.2 Å². The van der Waals surface area contributed by atoms with Crippen molar-refractivity contribution in [1.29, 1.82) is 0 Å². The van der Waals surface area contributed by atoms with Gasteiger partial charge in [-0.1, -0.05) is 18.2 Å². The fourth-order valence-corrected chi connectivity index (χ4v) is 3.04. The lowest BCUT2D eigenvalue weighted by molar-refractivity contribution is -0.135. The van der Waals surface area contributed by atoms with Gasteiger partial charge in [-0.15, -0.1) is 12.4 Å². The minimum atomic E-state index is -0.945. The second-order valence-corrected chi connectivity index (χ2v) is 6.25. The van der Waals surface area contributed by atoms with E-state index in [9.17, 15) is 9.59 Å². The Morgan fingerprint density at radius 1 is 1.04 bits per heavy atom.